The molecule has 0 spiro atoms. The van der Waals surface area contributed by atoms with Gasteiger partial charge in [-0.25, -0.2) is 0 Å². The van der Waals surface area contributed by atoms with Gasteiger partial charge in [0.05, 0.1) is 19.1 Å². The summed E-state index contributed by atoms with van der Waals surface area (Å²) in [7, 11) is 0. The third-order valence-corrected chi connectivity index (χ3v) is 5.79. The van der Waals surface area contributed by atoms with Gasteiger partial charge >= 0.3 is 5.97 Å². The van der Waals surface area contributed by atoms with Crippen LogP contribution in [0.2, 0.25) is 0 Å². The Morgan fingerprint density at radius 1 is 1.06 bits per heavy atom. The normalized spacial score (nSPS) is 25.3. The molecule has 3 aliphatic rings. The van der Waals surface area contributed by atoms with Crippen LogP contribution in [0.4, 0.5) is 5.69 Å². The van der Waals surface area contributed by atoms with E-state index in [9.17, 15) is 14.7 Å². The summed E-state index contributed by atoms with van der Waals surface area (Å²) in [4.78, 5) is 23.9. The first-order chi connectivity index (χ1) is 15.0. The van der Waals surface area contributed by atoms with E-state index >= 15 is 0 Å². The Labute approximate surface area is 177 Å². The molecule has 1 fully saturated rings. The van der Waals surface area contributed by atoms with E-state index in [1.54, 1.807) is 30.3 Å². The number of aliphatic hydroxyl groups is 1. The Balaban J connectivity index is 1.36. The number of carboxylic acids is 1. The molecule has 4 atom stereocenters. The zero-order valence-corrected chi connectivity index (χ0v) is 16.4. The number of rotatable bonds is 5. The number of hydrogen-bond acceptors (Lipinski definition) is 7. The molecule has 162 valence electrons. The van der Waals surface area contributed by atoms with Crippen LogP contribution in [0.15, 0.2) is 36.4 Å². The molecule has 0 aliphatic carbocycles. The van der Waals surface area contributed by atoms with Gasteiger partial charge in [-0.05, 0) is 42.8 Å². The van der Waals surface area contributed by atoms with Gasteiger partial charge in [0.2, 0.25) is 6.79 Å². The van der Waals surface area contributed by atoms with Crippen molar-refractivity contribution in [3.8, 4) is 17.2 Å². The highest BCUT2D eigenvalue weighted by atomic mass is 16.7. The van der Waals surface area contributed by atoms with E-state index in [4.69, 9.17) is 24.1 Å². The number of carbonyl (C=O) groups is 2. The highest BCUT2D eigenvalue weighted by molar-refractivity contribution is 6.04. The Hall–Kier alpha value is -3.30. The zero-order chi connectivity index (χ0) is 21.5. The van der Waals surface area contributed by atoms with E-state index in [2.05, 4.69) is 5.32 Å². The highest BCUT2D eigenvalue weighted by Gasteiger charge is 2.46. The minimum Gasteiger partial charge on any atom is -0.487 e. The van der Waals surface area contributed by atoms with Gasteiger partial charge in [-0.2, -0.15) is 0 Å². The number of aliphatic carboxylic acids is 1. The largest absolute Gasteiger partial charge is 0.487 e. The molecular weight excluding hydrogens is 406 g/mol. The minimum absolute atomic E-state index is 0.132. The van der Waals surface area contributed by atoms with Gasteiger partial charge in [0, 0.05) is 22.7 Å². The van der Waals surface area contributed by atoms with E-state index in [0.717, 1.165) is 5.56 Å². The molecule has 0 bridgehead atoms. The molecular formula is C22H21NO8. The summed E-state index contributed by atoms with van der Waals surface area (Å²) in [5, 5.41) is 21.7. The van der Waals surface area contributed by atoms with Gasteiger partial charge in [-0.1, -0.05) is 0 Å². The van der Waals surface area contributed by atoms with E-state index < -0.39 is 24.3 Å². The van der Waals surface area contributed by atoms with Crippen molar-refractivity contribution in [2.75, 3.05) is 18.7 Å². The predicted octanol–water partition coefficient (Wildman–Crippen LogP) is 2.14. The van der Waals surface area contributed by atoms with Crippen LogP contribution in [0.3, 0.4) is 0 Å². The standard InChI is InChI=1S/C22H21NO8/c24-9-19-21-15(7-13(30-19)8-20(25)26)14-6-12(2-4-16(14)31-21)23-22(27)11-1-3-17-18(5-11)29-10-28-17/h1-6,13,15,19,21,24H,7-10H2,(H,23,27)(H,25,26)/t13-,15+,19-,21-/m0/s1. The maximum atomic E-state index is 12.7. The number of carboxylic acid groups (broad SMARTS) is 1. The number of hydrogen-bond donors (Lipinski definition) is 3. The van der Waals surface area contributed by atoms with Gasteiger partial charge in [0.15, 0.2) is 11.5 Å². The number of fused-ring (bicyclic) bond motifs is 4. The fourth-order valence-electron chi connectivity index (χ4n) is 4.40. The lowest BCUT2D eigenvalue weighted by Gasteiger charge is -2.36. The first-order valence-corrected chi connectivity index (χ1v) is 10.0. The Morgan fingerprint density at radius 3 is 2.68 bits per heavy atom. The van der Waals surface area contributed by atoms with E-state index in [0.29, 0.717) is 34.9 Å². The number of aliphatic hydroxyl groups excluding tert-OH is 1. The van der Waals surface area contributed by atoms with E-state index in [-0.39, 0.29) is 31.6 Å². The minimum atomic E-state index is -0.955. The number of benzene rings is 2. The fraction of sp³-hybridized carbons (Fsp3) is 0.364. The van der Waals surface area contributed by atoms with Gasteiger partial charge in [0.25, 0.3) is 5.91 Å². The van der Waals surface area contributed by atoms with E-state index in [1.807, 2.05) is 6.07 Å². The van der Waals surface area contributed by atoms with Crippen molar-refractivity contribution < 1.29 is 38.7 Å². The van der Waals surface area contributed by atoms with Crippen molar-refractivity contribution in [2.45, 2.75) is 37.1 Å². The molecule has 2 aromatic rings. The average molecular weight is 427 g/mol. The van der Waals surface area contributed by atoms with Crippen molar-refractivity contribution in [3.63, 3.8) is 0 Å². The molecule has 1 amide bonds. The molecule has 31 heavy (non-hydrogen) atoms. The van der Waals surface area contributed by atoms with Crippen LogP contribution in [0, 0.1) is 0 Å². The van der Waals surface area contributed by atoms with Gasteiger partial charge < -0.3 is 34.5 Å². The molecule has 0 saturated carbocycles. The molecule has 0 radical (unpaired) electrons. The second-order valence-electron chi connectivity index (χ2n) is 7.78. The Bertz CT molecular complexity index is 1040. The molecule has 0 unspecified atom stereocenters. The first-order valence-electron chi connectivity index (χ1n) is 10.0. The van der Waals surface area contributed by atoms with Crippen molar-refractivity contribution in [1.29, 1.82) is 0 Å². The van der Waals surface area contributed by atoms with Crippen LogP contribution >= 0.6 is 0 Å². The molecule has 5 rings (SSSR count). The molecule has 0 aromatic heterocycles. The summed E-state index contributed by atoms with van der Waals surface area (Å²) in [5.41, 5.74) is 1.89. The predicted molar refractivity (Wildman–Crippen MR) is 107 cm³/mol. The number of ether oxygens (including phenoxy) is 4. The topological polar surface area (TPSA) is 124 Å². The van der Waals surface area contributed by atoms with Crippen molar-refractivity contribution >= 4 is 17.6 Å². The lowest BCUT2D eigenvalue weighted by atomic mass is 9.84. The van der Waals surface area contributed by atoms with Gasteiger partial charge in [-0.15, -0.1) is 0 Å². The monoisotopic (exact) mass is 427 g/mol. The average Bonchev–Trinajstić information content (AvgIpc) is 3.36. The number of nitrogens with one attached hydrogen (secondary N) is 1. The Morgan fingerprint density at radius 2 is 1.87 bits per heavy atom. The van der Waals surface area contributed by atoms with Crippen LogP contribution in [0.25, 0.3) is 0 Å². The SMILES string of the molecule is O=C(O)C[C@@H]1C[C@@H]2c3cc(NC(=O)c4ccc5c(c4)OCO5)ccc3O[C@@H]2[C@H](CO)O1. The third kappa shape index (κ3) is 3.66. The second kappa shape index (κ2) is 7.75. The van der Waals surface area contributed by atoms with Crippen LogP contribution in [0.5, 0.6) is 17.2 Å². The molecule has 2 aromatic carbocycles. The summed E-state index contributed by atoms with van der Waals surface area (Å²) in [5.74, 6) is 0.397. The number of amides is 1. The van der Waals surface area contributed by atoms with E-state index in [1.165, 1.54) is 0 Å². The van der Waals surface area contributed by atoms with Crippen molar-refractivity contribution in [1.82, 2.24) is 0 Å². The summed E-state index contributed by atoms with van der Waals surface area (Å²) in [6.45, 7) is -0.131. The van der Waals surface area contributed by atoms with Crippen LogP contribution in [-0.2, 0) is 9.53 Å². The van der Waals surface area contributed by atoms with Gasteiger partial charge in [0.1, 0.15) is 18.0 Å². The van der Waals surface area contributed by atoms with Crippen LogP contribution in [-0.4, -0.2) is 53.8 Å². The lowest BCUT2D eigenvalue weighted by molar-refractivity contribution is -0.153. The summed E-state index contributed by atoms with van der Waals surface area (Å²) in [6.07, 6.45) is -1.21. The molecule has 3 heterocycles. The molecule has 3 N–H and O–H groups in total. The molecule has 3 aliphatic heterocycles. The maximum absolute atomic E-state index is 12.7. The second-order valence-corrected chi connectivity index (χ2v) is 7.78. The summed E-state index contributed by atoms with van der Waals surface area (Å²) in [6, 6.07) is 10.3. The molecule has 9 nitrogen and oxygen atoms in total. The van der Waals surface area contributed by atoms with Crippen LogP contribution < -0.4 is 19.5 Å². The number of anilines is 1. The maximum Gasteiger partial charge on any atom is 0.305 e. The molecule has 1 saturated heterocycles. The van der Waals surface area contributed by atoms with Gasteiger partial charge in [-0.3, -0.25) is 9.59 Å². The van der Waals surface area contributed by atoms with Crippen molar-refractivity contribution in [2.24, 2.45) is 0 Å². The fourth-order valence-corrected chi connectivity index (χ4v) is 4.40. The Kier molecular flexibility index (Phi) is 4.91. The summed E-state index contributed by atoms with van der Waals surface area (Å²) < 4.78 is 22.3. The lowest BCUT2D eigenvalue weighted by Crippen LogP contribution is -2.46. The van der Waals surface area contributed by atoms with Crippen molar-refractivity contribution in [3.05, 3.63) is 47.5 Å². The first kappa shape index (κ1) is 19.7. The zero-order valence-electron chi connectivity index (χ0n) is 16.4. The smallest absolute Gasteiger partial charge is 0.305 e. The number of carbonyl (C=O) groups excluding carboxylic acids is 1. The molecule has 9 heteroatoms. The summed E-state index contributed by atoms with van der Waals surface area (Å²) >= 11 is 0. The quantitative estimate of drug-likeness (QED) is 0.663. The third-order valence-electron chi connectivity index (χ3n) is 5.79. The highest BCUT2D eigenvalue weighted by Crippen LogP contribution is 2.47. The van der Waals surface area contributed by atoms with Crippen LogP contribution in [0.1, 0.15) is 34.7 Å².